The van der Waals surface area contributed by atoms with Crippen molar-refractivity contribution in [2.24, 2.45) is 0 Å². The fraction of sp³-hybridized carbons (Fsp3) is 0.0526. The van der Waals surface area contributed by atoms with E-state index in [9.17, 15) is 0 Å². The second-order valence-electron chi connectivity index (χ2n) is 16.5. The minimum atomic E-state index is -2.69. The Labute approximate surface area is 358 Å². The molecule has 0 aromatic heterocycles. The van der Waals surface area contributed by atoms with Crippen molar-refractivity contribution in [1.82, 2.24) is 0 Å². The van der Waals surface area contributed by atoms with Crippen molar-refractivity contribution >= 4 is 57.6 Å². The van der Waals surface area contributed by atoms with Crippen molar-refractivity contribution in [2.75, 3.05) is 4.90 Å². The Hall–Kier alpha value is -6.65. The maximum Gasteiger partial charge on any atom is 0.181 e. The van der Waals surface area contributed by atoms with E-state index in [-0.39, 0.29) is 5.41 Å². The molecule has 0 unspecified atom stereocenters. The Kier molecular flexibility index (Phi) is 8.84. The molecule has 9 aromatic rings. The maximum absolute atomic E-state index is 2.69. The van der Waals surface area contributed by atoms with E-state index >= 15 is 0 Å². The van der Waals surface area contributed by atoms with Crippen LogP contribution in [0.2, 0.25) is 0 Å². The highest BCUT2D eigenvalue weighted by molar-refractivity contribution is 8.00. The van der Waals surface area contributed by atoms with Crippen LogP contribution in [0.1, 0.15) is 25.0 Å². The molecule has 1 aliphatic carbocycles. The van der Waals surface area contributed by atoms with Crippen LogP contribution in [0.4, 0.5) is 17.1 Å². The van der Waals surface area contributed by atoms with Gasteiger partial charge in [0.15, 0.2) is 8.07 Å². The molecule has 0 bridgehead atoms. The first-order chi connectivity index (χ1) is 29.5. The molecule has 2 aliphatic rings. The molecule has 1 nitrogen and oxygen atoms in total. The number of anilines is 3. The quantitative estimate of drug-likeness (QED) is 0.148. The summed E-state index contributed by atoms with van der Waals surface area (Å²) in [6, 6.07) is 83.5. The molecule has 0 saturated heterocycles. The van der Waals surface area contributed by atoms with E-state index in [1.807, 2.05) is 11.8 Å². The second kappa shape index (κ2) is 14.6. The van der Waals surface area contributed by atoms with Gasteiger partial charge in [-0.2, -0.15) is 0 Å². The van der Waals surface area contributed by atoms with Gasteiger partial charge in [0.1, 0.15) is 0 Å². The Morgan fingerprint density at radius 3 is 1.42 bits per heavy atom. The van der Waals surface area contributed by atoms with Crippen LogP contribution in [-0.2, 0) is 5.41 Å². The zero-order valence-electron chi connectivity index (χ0n) is 33.7. The third kappa shape index (κ3) is 5.76. The fourth-order valence-corrected chi connectivity index (χ4v) is 17.0. The highest BCUT2D eigenvalue weighted by Gasteiger charge is 2.49. The number of hydrogen-bond acceptors (Lipinski definition) is 2. The fourth-order valence-electron chi connectivity index (χ4n) is 9.92. The minimum Gasteiger partial charge on any atom is -0.310 e. The van der Waals surface area contributed by atoms with Crippen molar-refractivity contribution in [1.29, 1.82) is 0 Å². The molecule has 60 heavy (non-hydrogen) atoms. The van der Waals surface area contributed by atoms with Gasteiger partial charge in [-0.3, -0.25) is 0 Å². The van der Waals surface area contributed by atoms with Crippen molar-refractivity contribution in [3.8, 4) is 33.4 Å². The first-order valence-corrected chi connectivity index (χ1v) is 23.7. The highest BCUT2D eigenvalue weighted by Crippen LogP contribution is 2.54. The Morgan fingerprint density at radius 1 is 0.400 bits per heavy atom. The second-order valence-corrected chi connectivity index (χ2v) is 21.2. The standard InChI is InChI=1S/C57H43NSSi/c1-57(2)50-37-38-54-56(59-52-25-15-16-26-53(52)60(54,47-21-11-5-12-22-47)48-23-13-6-14-24-48)55(50)49-36-35-46(39-51(49)57)58(44-31-27-42(28-32-44)40-17-7-3-8-18-40)45-33-29-43(30-34-45)41-19-9-4-10-20-41/h3-39H,1-2H3. The smallest absolute Gasteiger partial charge is 0.181 e. The van der Waals surface area contributed by atoms with Crippen LogP contribution in [0.25, 0.3) is 33.4 Å². The van der Waals surface area contributed by atoms with Crippen molar-refractivity contribution in [3.05, 3.63) is 236 Å². The molecule has 3 heteroatoms. The summed E-state index contributed by atoms with van der Waals surface area (Å²) in [5, 5.41) is 5.80. The first-order valence-electron chi connectivity index (χ1n) is 20.8. The van der Waals surface area contributed by atoms with E-state index in [0.717, 1.165) is 17.1 Å². The number of nitrogens with zero attached hydrogens (tertiary/aromatic N) is 1. The largest absolute Gasteiger partial charge is 0.310 e. The summed E-state index contributed by atoms with van der Waals surface area (Å²) in [7, 11) is -2.69. The van der Waals surface area contributed by atoms with Gasteiger partial charge in [0.05, 0.1) is 0 Å². The van der Waals surface area contributed by atoms with E-state index in [4.69, 9.17) is 0 Å². The molecular weight excluding hydrogens is 759 g/mol. The summed E-state index contributed by atoms with van der Waals surface area (Å²) in [5.74, 6) is 0. The van der Waals surface area contributed by atoms with E-state index in [1.54, 1.807) is 0 Å². The van der Waals surface area contributed by atoms with Gasteiger partial charge in [-0.25, -0.2) is 0 Å². The maximum atomic E-state index is 2.51. The summed E-state index contributed by atoms with van der Waals surface area (Å²) in [4.78, 5) is 5.20. The van der Waals surface area contributed by atoms with Crippen LogP contribution in [0.5, 0.6) is 0 Å². The Morgan fingerprint density at radius 2 is 0.867 bits per heavy atom. The summed E-state index contributed by atoms with van der Waals surface area (Å²) in [6.07, 6.45) is 0. The average molecular weight is 802 g/mol. The lowest BCUT2D eigenvalue weighted by Gasteiger charge is -2.40. The molecule has 0 N–H and O–H groups in total. The van der Waals surface area contributed by atoms with E-state index in [0.29, 0.717) is 0 Å². The monoisotopic (exact) mass is 801 g/mol. The molecule has 9 aromatic carbocycles. The van der Waals surface area contributed by atoms with Gasteiger partial charge in [0.25, 0.3) is 0 Å². The molecule has 286 valence electrons. The van der Waals surface area contributed by atoms with Crippen LogP contribution >= 0.6 is 11.8 Å². The van der Waals surface area contributed by atoms with Crippen molar-refractivity contribution in [3.63, 3.8) is 0 Å². The topological polar surface area (TPSA) is 3.24 Å². The Balaban J connectivity index is 1.09. The van der Waals surface area contributed by atoms with Gasteiger partial charge >= 0.3 is 0 Å². The Bertz CT molecular complexity index is 2880. The van der Waals surface area contributed by atoms with E-state index in [1.165, 1.54) is 75.0 Å². The molecule has 0 fully saturated rings. The van der Waals surface area contributed by atoms with E-state index in [2.05, 4.69) is 243 Å². The normalized spacial score (nSPS) is 14.0. The van der Waals surface area contributed by atoms with Gasteiger partial charge in [0.2, 0.25) is 0 Å². The molecule has 0 spiro atoms. The zero-order chi connectivity index (χ0) is 40.3. The lowest BCUT2D eigenvalue weighted by Crippen LogP contribution is -2.76. The van der Waals surface area contributed by atoms with Gasteiger partial charge in [0, 0.05) is 32.3 Å². The summed E-state index contributed by atoms with van der Waals surface area (Å²) >= 11 is 1.97. The number of rotatable bonds is 7. The van der Waals surface area contributed by atoms with Crippen LogP contribution in [-0.4, -0.2) is 8.07 Å². The molecule has 1 aliphatic heterocycles. The minimum absolute atomic E-state index is 0.211. The number of hydrogen-bond donors (Lipinski definition) is 0. The average Bonchev–Trinajstić information content (AvgIpc) is 3.55. The molecule has 0 atom stereocenters. The van der Waals surface area contributed by atoms with Crippen LogP contribution in [0.15, 0.2) is 234 Å². The summed E-state index contributed by atoms with van der Waals surface area (Å²) < 4.78 is 0. The van der Waals surface area contributed by atoms with Crippen LogP contribution in [0, 0.1) is 0 Å². The highest BCUT2D eigenvalue weighted by atomic mass is 32.2. The molecule has 11 rings (SSSR count). The predicted octanol–water partition coefficient (Wildman–Crippen LogP) is 12.6. The lowest BCUT2D eigenvalue weighted by molar-refractivity contribution is 0.660. The van der Waals surface area contributed by atoms with Crippen molar-refractivity contribution in [2.45, 2.75) is 29.1 Å². The third-order valence-electron chi connectivity index (χ3n) is 12.8. The van der Waals surface area contributed by atoms with Crippen LogP contribution in [0.3, 0.4) is 0 Å². The molecule has 0 radical (unpaired) electrons. The molecule has 0 amide bonds. The SMILES string of the molecule is CC1(C)c2cc(N(c3ccc(-c4ccccc4)cc3)c3ccc(-c4ccccc4)cc3)ccc2-c2c1ccc1c2Sc2ccccc2[Si]1(c1ccccc1)c1ccccc1. The zero-order valence-corrected chi connectivity index (χ0v) is 35.5. The summed E-state index contributed by atoms with van der Waals surface area (Å²) in [6.45, 7) is 4.84. The van der Waals surface area contributed by atoms with Gasteiger partial charge in [-0.05, 0) is 108 Å². The number of fused-ring (bicyclic) bond motifs is 6. The molecular formula is C57H43NSSi. The van der Waals surface area contributed by atoms with Crippen LogP contribution < -0.4 is 25.6 Å². The first kappa shape index (κ1) is 36.4. The molecule has 0 saturated carbocycles. The van der Waals surface area contributed by atoms with Gasteiger partial charge in [-0.15, -0.1) is 0 Å². The lowest BCUT2D eigenvalue weighted by atomic mass is 9.82. The predicted molar refractivity (Wildman–Crippen MR) is 257 cm³/mol. The van der Waals surface area contributed by atoms with E-state index < -0.39 is 8.07 Å². The van der Waals surface area contributed by atoms with Crippen molar-refractivity contribution < 1.29 is 0 Å². The van der Waals surface area contributed by atoms with Gasteiger partial charge < -0.3 is 4.90 Å². The third-order valence-corrected chi connectivity index (χ3v) is 19.3. The molecule has 1 heterocycles. The van der Waals surface area contributed by atoms with Gasteiger partial charge in [-0.1, -0.05) is 208 Å². The summed E-state index contributed by atoms with van der Waals surface area (Å²) in [5.41, 5.74) is 13.5. The number of benzene rings is 9.